The minimum Gasteiger partial charge on any atom is -0.453 e. The summed E-state index contributed by atoms with van der Waals surface area (Å²) in [6.45, 7) is 2.38. The molecule has 1 fully saturated rings. The molecule has 1 aliphatic heterocycles. The fourth-order valence-corrected chi connectivity index (χ4v) is 4.70. The Balaban J connectivity index is 1.42. The number of carbonyl (C=O) groups is 2. The first-order valence-corrected chi connectivity index (χ1v) is 13.4. The fraction of sp³-hybridized carbons (Fsp3) is 0.370. The average molecular weight is 571 g/mol. The molecule has 0 spiro atoms. The van der Waals surface area contributed by atoms with Crippen molar-refractivity contribution in [1.29, 1.82) is 0 Å². The Bertz CT molecular complexity index is 1320. The van der Waals surface area contributed by atoms with Crippen molar-refractivity contribution in [3.8, 4) is 5.69 Å². The monoisotopic (exact) mass is 570 g/mol. The number of halogens is 2. The number of anilines is 2. The van der Waals surface area contributed by atoms with Gasteiger partial charge in [-0.1, -0.05) is 11.6 Å². The van der Waals surface area contributed by atoms with Crippen molar-refractivity contribution in [2.24, 2.45) is 5.92 Å². The number of aromatic nitrogens is 4. The van der Waals surface area contributed by atoms with Gasteiger partial charge >= 0.3 is 6.09 Å². The highest BCUT2D eigenvalue weighted by atomic mass is 35.5. The molecule has 4 N–H and O–H groups in total. The van der Waals surface area contributed by atoms with E-state index >= 15 is 0 Å². The fourth-order valence-electron chi connectivity index (χ4n) is 4.51. The smallest absolute Gasteiger partial charge is 0.411 e. The quantitative estimate of drug-likeness (QED) is 0.254. The van der Waals surface area contributed by atoms with E-state index in [4.69, 9.17) is 11.6 Å². The summed E-state index contributed by atoms with van der Waals surface area (Å²) >= 11 is 6.18. The van der Waals surface area contributed by atoms with E-state index < -0.39 is 11.9 Å². The Morgan fingerprint density at radius 2 is 2.08 bits per heavy atom. The lowest BCUT2D eigenvalue weighted by molar-refractivity contribution is -0.117. The first-order valence-electron chi connectivity index (χ1n) is 13.0. The summed E-state index contributed by atoms with van der Waals surface area (Å²) in [5.41, 5.74) is 1.89. The van der Waals surface area contributed by atoms with Crippen molar-refractivity contribution in [3.63, 3.8) is 0 Å². The van der Waals surface area contributed by atoms with Crippen LogP contribution in [0.1, 0.15) is 31.2 Å². The van der Waals surface area contributed by atoms with Crippen LogP contribution in [-0.2, 0) is 9.53 Å². The van der Waals surface area contributed by atoms with Crippen LogP contribution in [0.4, 0.5) is 20.6 Å². The van der Waals surface area contributed by atoms with Crippen LogP contribution >= 0.6 is 11.6 Å². The van der Waals surface area contributed by atoms with Crippen molar-refractivity contribution in [2.75, 3.05) is 37.4 Å². The van der Waals surface area contributed by atoms with Gasteiger partial charge < -0.3 is 20.7 Å². The van der Waals surface area contributed by atoms with E-state index in [-0.39, 0.29) is 17.6 Å². The SMILES string of the molecule is COC(=O)Nc1ccc(NCC(CCC2CCNCC2)NC(=O)C=Cc2cc(Cl)ccc2-n2cnnn2)cc1F. The minimum atomic E-state index is -0.754. The van der Waals surface area contributed by atoms with Gasteiger partial charge in [-0.05, 0) is 97.6 Å². The van der Waals surface area contributed by atoms with Gasteiger partial charge in [0.15, 0.2) is 0 Å². The van der Waals surface area contributed by atoms with Crippen molar-refractivity contribution < 1.29 is 18.7 Å². The van der Waals surface area contributed by atoms with E-state index in [1.54, 1.807) is 30.3 Å². The third-order valence-corrected chi connectivity index (χ3v) is 6.91. The van der Waals surface area contributed by atoms with E-state index in [0.717, 1.165) is 38.8 Å². The minimum absolute atomic E-state index is 0.0142. The van der Waals surface area contributed by atoms with Gasteiger partial charge in [-0.2, -0.15) is 4.68 Å². The van der Waals surface area contributed by atoms with Crippen LogP contribution in [0.2, 0.25) is 5.02 Å². The zero-order valence-corrected chi connectivity index (χ0v) is 22.8. The number of piperidine rings is 1. The predicted molar refractivity (Wildman–Crippen MR) is 151 cm³/mol. The maximum Gasteiger partial charge on any atom is 0.411 e. The van der Waals surface area contributed by atoms with Crippen molar-refractivity contribution >= 4 is 41.1 Å². The molecule has 0 aliphatic carbocycles. The van der Waals surface area contributed by atoms with Crippen molar-refractivity contribution in [2.45, 2.75) is 31.7 Å². The number of rotatable bonds is 11. The molecule has 1 saturated heterocycles. The maximum atomic E-state index is 14.5. The molecule has 2 aromatic carbocycles. The highest BCUT2D eigenvalue weighted by Crippen LogP contribution is 2.22. The van der Waals surface area contributed by atoms with Crippen molar-refractivity contribution in [3.05, 3.63) is 65.2 Å². The molecule has 0 bridgehead atoms. The molecule has 11 nitrogen and oxygen atoms in total. The number of hydrogen-bond acceptors (Lipinski definition) is 8. The number of nitrogens with zero attached hydrogens (tertiary/aromatic N) is 4. The van der Waals surface area contributed by atoms with E-state index in [2.05, 4.69) is 41.5 Å². The van der Waals surface area contributed by atoms with Crippen LogP contribution < -0.4 is 21.3 Å². The second-order valence-corrected chi connectivity index (χ2v) is 9.90. The first kappa shape index (κ1) is 29.0. The Morgan fingerprint density at radius 1 is 1.25 bits per heavy atom. The second-order valence-electron chi connectivity index (χ2n) is 9.46. The van der Waals surface area contributed by atoms with Crippen LogP contribution in [0.3, 0.4) is 0 Å². The summed E-state index contributed by atoms with van der Waals surface area (Å²) < 4.78 is 20.5. The van der Waals surface area contributed by atoms with Crippen molar-refractivity contribution in [1.82, 2.24) is 30.8 Å². The molecule has 1 atom stereocenters. The summed E-state index contributed by atoms with van der Waals surface area (Å²) in [6.07, 6.45) is 7.74. The first-order chi connectivity index (χ1) is 19.4. The lowest BCUT2D eigenvalue weighted by atomic mass is 9.91. The maximum absolute atomic E-state index is 14.5. The van der Waals surface area contributed by atoms with Gasteiger partial charge in [-0.25, -0.2) is 9.18 Å². The van der Waals surface area contributed by atoms with Crippen LogP contribution in [-0.4, -0.2) is 65.0 Å². The number of amides is 2. The standard InChI is InChI=1S/C27H32ClFN8O3/c1-40-27(39)34-24-7-6-21(15-23(24)29)31-16-22(5-2-18-10-12-30-13-11-18)33-26(38)9-3-19-14-20(28)4-8-25(19)37-17-32-35-36-37/h3-4,6-9,14-15,17-18,22,30-31H,2,5,10-13,16H2,1H3,(H,33,38)(H,34,39). The van der Waals surface area contributed by atoms with Gasteiger partial charge in [0.25, 0.3) is 0 Å². The summed E-state index contributed by atoms with van der Waals surface area (Å²) in [5, 5.41) is 23.7. The van der Waals surface area contributed by atoms with Gasteiger partial charge in [0, 0.05) is 34.9 Å². The summed E-state index contributed by atoms with van der Waals surface area (Å²) in [6, 6.07) is 9.41. The number of ether oxygens (including phenoxy) is 1. The zero-order chi connectivity index (χ0) is 28.3. The highest BCUT2D eigenvalue weighted by molar-refractivity contribution is 6.30. The lowest BCUT2D eigenvalue weighted by Gasteiger charge is -2.25. The summed E-state index contributed by atoms with van der Waals surface area (Å²) in [4.78, 5) is 24.4. The molecule has 40 heavy (non-hydrogen) atoms. The van der Waals surface area contributed by atoms with Gasteiger partial charge in [0.1, 0.15) is 12.1 Å². The third kappa shape index (κ3) is 8.48. The Kier molecular flexibility index (Phi) is 10.4. The number of nitrogens with one attached hydrogen (secondary N) is 4. The molecule has 1 aliphatic rings. The van der Waals surface area contributed by atoms with Gasteiger partial charge in [0.05, 0.1) is 18.5 Å². The van der Waals surface area contributed by atoms with E-state index in [0.29, 0.717) is 34.4 Å². The lowest BCUT2D eigenvalue weighted by Crippen LogP contribution is -2.39. The van der Waals surface area contributed by atoms with E-state index in [1.165, 1.54) is 36.3 Å². The number of hydrogen-bond donors (Lipinski definition) is 4. The van der Waals surface area contributed by atoms with Crippen LogP contribution in [0.5, 0.6) is 0 Å². The van der Waals surface area contributed by atoms with Gasteiger partial charge in [-0.15, -0.1) is 5.10 Å². The zero-order valence-electron chi connectivity index (χ0n) is 22.1. The molecule has 2 heterocycles. The molecule has 0 radical (unpaired) electrons. The molecular formula is C27H32ClFN8O3. The highest BCUT2D eigenvalue weighted by Gasteiger charge is 2.18. The largest absolute Gasteiger partial charge is 0.453 e. The summed E-state index contributed by atoms with van der Waals surface area (Å²) in [7, 11) is 1.21. The van der Waals surface area contributed by atoms with Gasteiger partial charge in [-0.3, -0.25) is 10.1 Å². The third-order valence-electron chi connectivity index (χ3n) is 6.67. The van der Waals surface area contributed by atoms with E-state index in [9.17, 15) is 14.0 Å². The molecule has 212 valence electrons. The Morgan fingerprint density at radius 3 is 2.80 bits per heavy atom. The van der Waals surface area contributed by atoms with Crippen LogP contribution in [0, 0.1) is 11.7 Å². The topological polar surface area (TPSA) is 135 Å². The number of carbonyl (C=O) groups excluding carboxylic acids is 2. The molecule has 4 rings (SSSR count). The molecule has 1 aromatic heterocycles. The Hall–Kier alpha value is -4.03. The molecule has 0 saturated carbocycles. The second kappa shape index (κ2) is 14.4. The molecule has 2 amide bonds. The van der Waals surface area contributed by atoms with Crippen LogP contribution in [0.15, 0.2) is 48.8 Å². The van der Waals surface area contributed by atoms with Gasteiger partial charge in [0.2, 0.25) is 5.91 Å². The molecule has 13 heteroatoms. The Labute approximate surface area is 236 Å². The molecule has 1 unspecified atom stereocenters. The number of tetrazole rings is 1. The predicted octanol–water partition coefficient (Wildman–Crippen LogP) is 4.02. The number of methoxy groups -OCH3 is 1. The number of benzene rings is 2. The van der Waals surface area contributed by atoms with Crippen LogP contribution in [0.25, 0.3) is 11.8 Å². The summed E-state index contributed by atoms with van der Waals surface area (Å²) in [5.74, 6) is -0.292. The average Bonchev–Trinajstić information content (AvgIpc) is 3.50. The van der Waals surface area contributed by atoms with E-state index in [1.807, 2.05) is 0 Å². The molecule has 3 aromatic rings. The normalized spacial score (nSPS) is 14.6. The molecular weight excluding hydrogens is 539 g/mol.